The first-order valence-electron chi connectivity index (χ1n) is 12.3. The average molecular weight is 537 g/mol. The van der Waals surface area contributed by atoms with Crippen molar-refractivity contribution in [2.75, 3.05) is 63.9 Å². The number of benzene rings is 2. The number of anilines is 3. The summed E-state index contributed by atoms with van der Waals surface area (Å²) in [5, 5.41) is 3.64. The molecule has 1 aromatic heterocycles. The maximum Gasteiger partial charge on any atom is 0.277 e. The van der Waals surface area contributed by atoms with Crippen LogP contribution in [0.15, 0.2) is 41.5 Å². The van der Waals surface area contributed by atoms with Gasteiger partial charge in [0.25, 0.3) is 5.91 Å². The third kappa shape index (κ3) is 4.93. The molecular weight excluding hydrogens is 506 g/mol. The third-order valence-corrected chi connectivity index (χ3v) is 8.39. The second-order valence-electron chi connectivity index (χ2n) is 9.96. The van der Waals surface area contributed by atoms with Gasteiger partial charge in [-0.1, -0.05) is 0 Å². The lowest BCUT2D eigenvalue weighted by atomic mass is 10.0. The molecule has 1 amide bonds. The summed E-state index contributed by atoms with van der Waals surface area (Å²) >= 11 is 0. The van der Waals surface area contributed by atoms with E-state index in [4.69, 9.17) is 4.74 Å². The normalized spacial score (nSPS) is 15.9. The first kappa shape index (κ1) is 26.0. The Morgan fingerprint density at radius 1 is 1.11 bits per heavy atom. The Labute approximate surface area is 221 Å². The second kappa shape index (κ2) is 9.93. The molecule has 0 saturated carbocycles. The maximum absolute atomic E-state index is 15.1. The number of carbonyl (C=O) groups is 1. The zero-order chi connectivity index (χ0) is 27.2. The lowest BCUT2D eigenvalue weighted by Gasteiger charge is -2.34. The number of fused-ring (bicyclic) bond motifs is 1. The number of halogens is 1. The van der Waals surface area contributed by atoms with Crippen molar-refractivity contribution in [1.29, 1.82) is 0 Å². The fourth-order valence-corrected chi connectivity index (χ4v) is 6.08. The summed E-state index contributed by atoms with van der Waals surface area (Å²) in [6.45, 7) is 8.69. The summed E-state index contributed by atoms with van der Waals surface area (Å²) in [7, 11) is 0.859. The van der Waals surface area contributed by atoms with Gasteiger partial charge >= 0.3 is 0 Å². The number of rotatable bonds is 6. The number of piperazine rings is 1. The van der Waals surface area contributed by atoms with Gasteiger partial charge in [0, 0.05) is 48.3 Å². The summed E-state index contributed by atoms with van der Waals surface area (Å²) < 4.78 is 33.7. The number of carbonyl (C=O) groups excluding carboxylic acids is 1. The molecule has 2 aliphatic heterocycles. The number of aromatic nitrogens is 2. The van der Waals surface area contributed by atoms with Gasteiger partial charge in [0.15, 0.2) is 5.82 Å². The second-order valence-corrected chi connectivity index (χ2v) is 13.1. The Hall–Kier alpha value is -3.62. The molecule has 0 spiro atoms. The highest BCUT2D eigenvalue weighted by atomic mass is 31.2. The molecule has 0 aliphatic carbocycles. The van der Waals surface area contributed by atoms with Crippen LogP contribution in [0, 0.1) is 5.82 Å². The SMILES string of the molecule is COc1ccc(N2CCN(C)CC2)cc1Nc1ncc(F)c(-c2cc3c(c(P(C)(C)=O)c2)C(C)=NC3=O)n1. The van der Waals surface area contributed by atoms with Gasteiger partial charge in [-0.05, 0) is 57.6 Å². The highest BCUT2D eigenvalue weighted by molar-refractivity contribution is 7.70. The summed E-state index contributed by atoms with van der Waals surface area (Å²) in [6.07, 6.45) is 1.08. The minimum absolute atomic E-state index is 0.00783. The van der Waals surface area contributed by atoms with Crippen LogP contribution in [0.4, 0.5) is 21.7 Å². The van der Waals surface area contributed by atoms with E-state index in [9.17, 15) is 9.36 Å². The molecule has 1 saturated heterocycles. The number of nitrogens with zero attached hydrogens (tertiary/aromatic N) is 5. The number of hydrogen-bond donors (Lipinski definition) is 1. The summed E-state index contributed by atoms with van der Waals surface area (Å²) in [4.78, 5) is 29.7. The van der Waals surface area contributed by atoms with Crippen LogP contribution in [-0.4, -0.2) is 80.2 Å². The Bertz CT molecular complexity index is 1510. The molecule has 0 atom stereocenters. The van der Waals surface area contributed by atoms with Crippen LogP contribution in [0.25, 0.3) is 11.3 Å². The van der Waals surface area contributed by atoms with Crippen LogP contribution in [0.1, 0.15) is 22.8 Å². The van der Waals surface area contributed by atoms with E-state index in [-0.39, 0.29) is 11.6 Å². The number of amides is 1. The van der Waals surface area contributed by atoms with Crippen LogP contribution >= 0.6 is 7.14 Å². The van der Waals surface area contributed by atoms with E-state index in [2.05, 4.69) is 37.1 Å². The smallest absolute Gasteiger partial charge is 0.277 e. The van der Waals surface area contributed by atoms with E-state index < -0.39 is 18.9 Å². The van der Waals surface area contributed by atoms with Crippen LogP contribution in [-0.2, 0) is 4.57 Å². The Morgan fingerprint density at radius 3 is 2.53 bits per heavy atom. The highest BCUT2D eigenvalue weighted by Gasteiger charge is 2.30. The summed E-state index contributed by atoms with van der Waals surface area (Å²) in [5.74, 6) is -0.349. The quantitative estimate of drug-likeness (QED) is 0.472. The van der Waals surface area contributed by atoms with E-state index >= 15 is 4.39 Å². The van der Waals surface area contributed by atoms with Gasteiger partial charge in [-0.3, -0.25) is 4.79 Å². The molecule has 11 heteroatoms. The molecule has 2 aromatic carbocycles. The lowest BCUT2D eigenvalue weighted by molar-refractivity contribution is 0.101. The molecule has 1 N–H and O–H groups in total. The predicted molar refractivity (Wildman–Crippen MR) is 149 cm³/mol. The molecule has 5 rings (SSSR count). The third-order valence-electron chi connectivity index (χ3n) is 6.87. The minimum Gasteiger partial charge on any atom is -0.495 e. The van der Waals surface area contributed by atoms with Crippen LogP contribution < -0.4 is 20.3 Å². The van der Waals surface area contributed by atoms with E-state index in [1.54, 1.807) is 39.5 Å². The molecule has 0 radical (unpaired) electrons. The van der Waals surface area contributed by atoms with Crippen molar-refractivity contribution in [3.63, 3.8) is 0 Å². The van der Waals surface area contributed by atoms with Crippen molar-refractivity contribution in [1.82, 2.24) is 14.9 Å². The number of nitrogens with one attached hydrogen (secondary N) is 1. The Morgan fingerprint density at radius 2 is 1.84 bits per heavy atom. The summed E-state index contributed by atoms with van der Waals surface area (Å²) in [5.41, 5.74) is 3.37. The zero-order valence-electron chi connectivity index (χ0n) is 22.1. The van der Waals surface area contributed by atoms with Crippen LogP contribution in [0.3, 0.4) is 0 Å². The monoisotopic (exact) mass is 536 g/mol. The van der Waals surface area contributed by atoms with Crippen LogP contribution in [0.2, 0.25) is 0 Å². The van der Waals surface area contributed by atoms with Crippen LogP contribution in [0.5, 0.6) is 5.75 Å². The molecule has 38 heavy (non-hydrogen) atoms. The molecule has 2 aliphatic rings. The van der Waals surface area contributed by atoms with E-state index in [1.165, 1.54) is 0 Å². The van der Waals surface area contributed by atoms with Gasteiger partial charge in [-0.25, -0.2) is 19.4 Å². The molecule has 198 valence electrons. The standard InChI is InChI=1S/C27H30FN6O3P/c1-16-24-19(26(35)30-16)12-17(13-23(24)38(4,5)36)25-20(28)15-29-27(32-25)31-21-14-18(6-7-22(21)37-3)34-10-8-33(2)9-11-34/h6-7,12-15H,8-11H2,1-5H3,(H,29,31,32). The topological polar surface area (TPSA) is 100 Å². The van der Waals surface area contributed by atoms with Crippen molar-refractivity contribution in [2.24, 2.45) is 4.99 Å². The fraction of sp³-hybridized carbons (Fsp3) is 0.333. The van der Waals surface area contributed by atoms with Gasteiger partial charge in [-0.2, -0.15) is 0 Å². The highest BCUT2D eigenvalue weighted by Crippen LogP contribution is 2.40. The van der Waals surface area contributed by atoms with Crippen molar-refractivity contribution in [3.8, 4) is 17.0 Å². The lowest BCUT2D eigenvalue weighted by Crippen LogP contribution is -2.44. The Kier molecular flexibility index (Phi) is 6.79. The van der Waals surface area contributed by atoms with E-state index in [0.29, 0.717) is 39.1 Å². The number of aliphatic imine (C=N–C) groups is 1. The number of hydrogen-bond acceptors (Lipinski definition) is 8. The van der Waals surface area contributed by atoms with E-state index in [0.717, 1.165) is 38.1 Å². The van der Waals surface area contributed by atoms with Gasteiger partial charge in [0.1, 0.15) is 18.6 Å². The van der Waals surface area contributed by atoms with Gasteiger partial charge < -0.3 is 24.4 Å². The Balaban J connectivity index is 1.53. The molecule has 0 bridgehead atoms. The zero-order valence-corrected chi connectivity index (χ0v) is 23.0. The van der Waals surface area contributed by atoms with Gasteiger partial charge in [0.2, 0.25) is 5.95 Å². The largest absolute Gasteiger partial charge is 0.495 e. The number of ether oxygens (including phenoxy) is 1. The minimum atomic E-state index is -2.82. The van der Waals surface area contributed by atoms with Gasteiger partial charge in [0.05, 0.1) is 30.3 Å². The van der Waals surface area contributed by atoms with Gasteiger partial charge in [-0.15, -0.1) is 0 Å². The maximum atomic E-state index is 15.1. The molecule has 3 aromatic rings. The molecule has 0 unspecified atom stereocenters. The van der Waals surface area contributed by atoms with E-state index in [1.807, 2.05) is 18.2 Å². The van der Waals surface area contributed by atoms with Crippen molar-refractivity contribution >= 4 is 41.4 Å². The fourth-order valence-electron chi connectivity index (χ4n) is 4.81. The molecular formula is C27H30FN6O3P. The van der Waals surface area contributed by atoms with Crippen molar-refractivity contribution < 1.29 is 18.5 Å². The molecule has 9 nitrogen and oxygen atoms in total. The average Bonchev–Trinajstić information content (AvgIpc) is 3.17. The van der Waals surface area contributed by atoms with Crippen molar-refractivity contribution in [3.05, 3.63) is 53.5 Å². The number of methoxy groups -OCH3 is 1. The van der Waals surface area contributed by atoms with Crippen molar-refractivity contribution in [2.45, 2.75) is 6.92 Å². The first-order valence-corrected chi connectivity index (χ1v) is 14.9. The first-order chi connectivity index (χ1) is 18.0. The number of likely N-dealkylation sites (N-methyl/N-ethyl adjacent to an activating group) is 1. The molecule has 1 fully saturated rings. The summed E-state index contributed by atoms with van der Waals surface area (Å²) in [6, 6.07) is 9.04. The molecule has 3 heterocycles. The predicted octanol–water partition coefficient (Wildman–Crippen LogP) is 4.00.